The first-order valence-electron chi connectivity index (χ1n) is 9.21. The van der Waals surface area contributed by atoms with E-state index in [9.17, 15) is 20.1 Å². The molecule has 0 aromatic heterocycles. The van der Waals surface area contributed by atoms with Crippen LogP contribution in [-0.2, 0) is 9.53 Å². The molecule has 5 atom stereocenters. The summed E-state index contributed by atoms with van der Waals surface area (Å²) in [5.41, 5.74) is -0.741. The van der Waals surface area contributed by atoms with Gasteiger partial charge in [-0.05, 0) is 71.6 Å². The smallest absolute Gasteiger partial charge is 0.334 e. The lowest BCUT2D eigenvalue weighted by Crippen LogP contribution is -2.43. The Labute approximate surface area is 150 Å². The van der Waals surface area contributed by atoms with Gasteiger partial charge in [-0.3, -0.25) is 0 Å². The molecule has 0 spiro atoms. The Hall–Kier alpha value is -1.17. The van der Waals surface area contributed by atoms with E-state index in [-0.39, 0.29) is 12.3 Å². The third-order valence-corrected chi connectivity index (χ3v) is 5.96. The molecule has 1 aliphatic carbocycles. The van der Waals surface area contributed by atoms with Crippen LogP contribution in [0.2, 0.25) is 0 Å². The van der Waals surface area contributed by atoms with Crippen LogP contribution in [0.25, 0.3) is 0 Å². The summed E-state index contributed by atoms with van der Waals surface area (Å²) in [6.45, 7) is 9.25. The molecule has 0 unspecified atom stereocenters. The van der Waals surface area contributed by atoms with E-state index < -0.39 is 29.4 Å². The lowest BCUT2D eigenvalue weighted by molar-refractivity contribution is -0.165. The minimum atomic E-state index is -1.22. The summed E-state index contributed by atoms with van der Waals surface area (Å²) >= 11 is 0. The molecule has 1 saturated heterocycles. The fourth-order valence-electron chi connectivity index (χ4n) is 3.70. The molecular formula is C20H32O5. The van der Waals surface area contributed by atoms with Crippen LogP contribution >= 0.6 is 0 Å². The second-order valence-corrected chi connectivity index (χ2v) is 8.22. The van der Waals surface area contributed by atoms with Gasteiger partial charge in [0.15, 0.2) is 0 Å². The van der Waals surface area contributed by atoms with Gasteiger partial charge in [-0.25, -0.2) is 4.79 Å². The van der Waals surface area contributed by atoms with Crippen LogP contribution in [0.1, 0.15) is 65.7 Å². The number of fused-ring (bicyclic) bond motifs is 3. The van der Waals surface area contributed by atoms with Crippen molar-refractivity contribution < 1.29 is 24.9 Å². The molecule has 2 bridgehead atoms. The molecule has 2 aliphatic rings. The van der Waals surface area contributed by atoms with Crippen molar-refractivity contribution in [1.29, 1.82) is 0 Å². The Bertz CT molecular complexity index is 550. The summed E-state index contributed by atoms with van der Waals surface area (Å²) < 4.78 is 5.60. The van der Waals surface area contributed by atoms with Gasteiger partial charge < -0.3 is 20.1 Å². The van der Waals surface area contributed by atoms with E-state index in [0.29, 0.717) is 44.1 Å². The van der Waals surface area contributed by atoms with Gasteiger partial charge in [-0.1, -0.05) is 18.2 Å². The zero-order valence-electron chi connectivity index (χ0n) is 15.6. The van der Waals surface area contributed by atoms with Crippen LogP contribution in [-0.4, -0.2) is 44.7 Å². The maximum atomic E-state index is 12.4. The highest BCUT2D eigenvalue weighted by Gasteiger charge is 2.43. The molecule has 3 N–H and O–H groups in total. The average Bonchev–Trinajstić information content (AvgIpc) is 2.64. The van der Waals surface area contributed by atoms with Crippen LogP contribution in [0.3, 0.4) is 0 Å². The molecule has 0 saturated carbocycles. The first-order chi connectivity index (χ1) is 11.5. The number of esters is 1. The largest absolute Gasteiger partial charge is 0.453 e. The van der Waals surface area contributed by atoms with E-state index in [4.69, 9.17) is 4.74 Å². The highest BCUT2D eigenvalue weighted by molar-refractivity contribution is 5.89. The lowest BCUT2D eigenvalue weighted by Gasteiger charge is -2.33. The summed E-state index contributed by atoms with van der Waals surface area (Å²) in [6, 6.07) is 0. The highest BCUT2D eigenvalue weighted by Crippen LogP contribution is 2.38. The van der Waals surface area contributed by atoms with Crippen molar-refractivity contribution in [2.75, 3.05) is 0 Å². The first kappa shape index (κ1) is 20.1. The number of allylic oxidation sites excluding steroid dienone is 2. The summed E-state index contributed by atoms with van der Waals surface area (Å²) in [5, 5.41) is 31.8. The number of aliphatic hydroxyl groups is 3. The molecule has 0 aromatic carbocycles. The van der Waals surface area contributed by atoms with Gasteiger partial charge in [0.1, 0.15) is 5.60 Å². The van der Waals surface area contributed by atoms with Crippen molar-refractivity contribution in [3.8, 4) is 0 Å². The fraction of sp³-hybridized carbons (Fsp3) is 0.750. The Morgan fingerprint density at radius 3 is 2.56 bits per heavy atom. The number of ether oxygens (including phenoxy) is 1. The zero-order chi connectivity index (χ0) is 18.8. The molecule has 1 fully saturated rings. The summed E-state index contributed by atoms with van der Waals surface area (Å²) in [6.07, 6.45) is 4.00. The number of carbonyl (C=O) groups is 1. The van der Waals surface area contributed by atoms with E-state index in [0.717, 1.165) is 5.57 Å². The monoisotopic (exact) mass is 352 g/mol. The Morgan fingerprint density at radius 2 is 1.88 bits per heavy atom. The number of rotatable bonds is 0. The standard InChI is InChI=1S/C20H32O5/c1-13-6-5-10-19(3,24)17(22)12-15-9-11-20(4,16(21)8-7-13)25-18(23)14(15)2/h6,15-17,21-22,24H,2,5,7-12H2,1,3-4H3/b13-6+/t15-,16+,17-,19+,20-/m0/s1. The second-order valence-electron chi connectivity index (χ2n) is 8.22. The molecule has 2 rings (SSSR count). The second kappa shape index (κ2) is 7.60. The van der Waals surface area contributed by atoms with Crippen LogP contribution in [0, 0.1) is 5.92 Å². The number of hydrogen-bond acceptors (Lipinski definition) is 5. The average molecular weight is 352 g/mol. The highest BCUT2D eigenvalue weighted by atomic mass is 16.6. The molecule has 142 valence electrons. The molecular weight excluding hydrogens is 320 g/mol. The third-order valence-electron chi connectivity index (χ3n) is 5.96. The summed E-state index contributed by atoms with van der Waals surface area (Å²) in [4.78, 5) is 12.4. The van der Waals surface area contributed by atoms with Gasteiger partial charge in [0.05, 0.1) is 17.8 Å². The fourth-order valence-corrected chi connectivity index (χ4v) is 3.70. The van der Waals surface area contributed by atoms with Gasteiger partial charge in [0.2, 0.25) is 0 Å². The first-order valence-corrected chi connectivity index (χ1v) is 9.21. The number of carbonyl (C=O) groups excluding carboxylic acids is 1. The van der Waals surface area contributed by atoms with Gasteiger partial charge in [-0.2, -0.15) is 0 Å². The molecule has 0 amide bonds. The zero-order valence-corrected chi connectivity index (χ0v) is 15.6. The predicted molar refractivity (Wildman–Crippen MR) is 95.8 cm³/mol. The van der Waals surface area contributed by atoms with Gasteiger partial charge in [0, 0.05) is 5.57 Å². The van der Waals surface area contributed by atoms with Crippen molar-refractivity contribution in [2.45, 2.75) is 89.1 Å². The summed E-state index contributed by atoms with van der Waals surface area (Å²) in [7, 11) is 0. The normalized spacial score (nSPS) is 43.6. The van der Waals surface area contributed by atoms with Crippen LogP contribution in [0.4, 0.5) is 0 Å². The third kappa shape index (κ3) is 4.72. The quantitative estimate of drug-likeness (QED) is 0.354. The predicted octanol–water partition coefficient (Wildman–Crippen LogP) is 2.64. The van der Waals surface area contributed by atoms with Crippen molar-refractivity contribution in [2.24, 2.45) is 5.92 Å². The van der Waals surface area contributed by atoms with E-state index in [2.05, 4.69) is 6.58 Å². The number of hydrogen-bond donors (Lipinski definition) is 3. The van der Waals surface area contributed by atoms with E-state index in [1.165, 1.54) is 0 Å². The van der Waals surface area contributed by atoms with Crippen molar-refractivity contribution in [3.63, 3.8) is 0 Å². The van der Waals surface area contributed by atoms with Crippen LogP contribution in [0.5, 0.6) is 0 Å². The Morgan fingerprint density at radius 1 is 1.20 bits per heavy atom. The van der Waals surface area contributed by atoms with E-state index in [1.54, 1.807) is 13.8 Å². The van der Waals surface area contributed by atoms with E-state index >= 15 is 0 Å². The van der Waals surface area contributed by atoms with Crippen molar-refractivity contribution >= 4 is 5.97 Å². The van der Waals surface area contributed by atoms with Gasteiger partial charge in [0.25, 0.3) is 0 Å². The van der Waals surface area contributed by atoms with Crippen molar-refractivity contribution in [1.82, 2.24) is 0 Å². The Balaban J connectivity index is 2.33. The molecule has 25 heavy (non-hydrogen) atoms. The molecule has 0 radical (unpaired) electrons. The van der Waals surface area contributed by atoms with Crippen LogP contribution in [0.15, 0.2) is 23.8 Å². The lowest BCUT2D eigenvalue weighted by atomic mass is 9.80. The molecule has 1 heterocycles. The number of aliphatic hydroxyl groups excluding tert-OH is 2. The van der Waals surface area contributed by atoms with Crippen LogP contribution < -0.4 is 0 Å². The maximum Gasteiger partial charge on any atom is 0.334 e. The minimum Gasteiger partial charge on any atom is -0.453 e. The molecule has 1 aliphatic heterocycles. The SMILES string of the molecule is C=C1C(=O)O[C@@]2(C)CC[C@H]1C[C@H](O)[C@](C)(O)CC/C=C(\C)CC[C@H]2O. The van der Waals surface area contributed by atoms with Gasteiger partial charge >= 0.3 is 5.97 Å². The Kier molecular flexibility index (Phi) is 6.13. The van der Waals surface area contributed by atoms with E-state index in [1.807, 2.05) is 13.0 Å². The van der Waals surface area contributed by atoms with Crippen molar-refractivity contribution in [3.05, 3.63) is 23.8 Å². The molecule has 0 aromatic rings. The maximum absolute atomic E-state index is 12.4. The topological polar surface area (TPSA) is 87.0 Å². The summed E-state index contributed by atoms with van der Waals surface area (Å²) in [5.74, 6) is -0.777. The molecule has 5 heteroatoms. The molecule has 5 nitrogen and oxygen atoms in total. The van der Waals surface area contributed by atoms with Gasteiger partial charge in [-0.15, -0.1) is 0 Å². The minimum absolute atomic E-state index is 0.260.